The van der Waals surface area contributed by atoms with E-state index >= 15 is 0 Å². The van der Waals surface area contributed by atoms with Crippen LogP contribution in [0.15, 0.2) is 36.4 Å². The first kappa shape index (κ1) is 14.4. The fourth-order valence-corrected chi connectivity index (χ4v) is 2.82. The molecular weight excluding hydrogens is 311 g/mol. The Morgan fingerprint density at radius 2 is 1.95 bits per heavy atom. The molecular formula is C15H12Cl2N2O2. The normalized spacial score (nSPS) is 17.8. The van der Waals surface area contributed by atoms with Gasteiger partial charge >= 0.3 is 0 Å². The molecule has 1 aliphatic heterocycles. The fourth-order valence-electron chi connectivity index (χ4n) is 2.42. The van der Waals surface area contributed by atoms with E-state index in [0.29, 0.717) is 27.2 Å². The van der Waals surface area contributed by atoms with E-state index in [-0.39, 0.29) is 0 Å². The number of carbonyl (C=O) groups is 1. The fraction of sp³-hybridized carbons (Fsp3) is 0.133. The number of hydrogen-bond donors (Lipinski definition) is 2. The Labute approximate surface area is 131 Å². The van der Waals surface area contributed by atoms with Crippen LogP contribution in [0.25, 0.3) is 11.1 Å². The molecule has 1 atom stereocenters. The molecule has 1 heterocycles. The number of nitrogens with two attached hydrogens (primary N) is 1. The Hall–Kier alpha value is -1.59. The number of halogens is 2. The van der Waals surface area contributed by atoms with E-state index in [2.05, 4.69) is 0 Å². The second kappa shape index (κ2) is 5.31. The highest BCUT2D eigenvalue weighted by molar-refractivity contribution is 6.35. The highest BCUT2D eigenvalue weighted by Crippen LogP contribution is 2.35. The lowest BCUT2D eigenvalue weighted by atomic mass is 9.95. The molecule has 21 heavy (non-hydrogen) atoms. The summed E-state index contributed by atoms with van der Waals surface area (Å²) in [6.07, 6.45) is 0.398. The lowest BCUT2D eigenvalue weighted by Gasteiger charge is -2.28. The van der Waals surface area contributed by atoms with Crippen molar-refractivity contribution in [1.82, 2.24) is 0 Å². The molecule has 0 bridgehead atoms. The van der Waals surface area contributed by atoms with E-state index in [1.54, 1.807) is 24.3 Å². The third-order valence-corrected chi connectivity index (χ3v) is 4.08. The molecule has 1 amide bonds. The molecule has 4 nitrogen and oxygen atoms in total. The van der Waals surface area contributed by atoms with Crippen LogP contribution in [0.4, 0.5) is 5.69 Å². The van der Waals surface area contributed by atoms with Crippen LogP contribution in [0, 0.1) is 0 Å². The van der Waals surface area contributed by atoms with E-state index < -0.39 is 11.9 Å². The quantitative estimate of drug-likeness (QED) is 0.792. The molecule has 0 saturated heterocycles. The summed E-state index contributed by atoms with van der Waals surface area (Å²) in [5.74, 6) is -0.517. The van der Waals surface area contributed by atoms with Gasteiger partial charge in [-0.3, -0.25) is 10.0 Å². The van der Waals surface area contributed by atoms with Crippen molar-refractivity contribution < 1.29 is 10.0 Å². The molecule has 6 heteroatoms. The molecule has 2 aromatic rings. The van der Waals surface area contributed by atoms with Crippen LogP contribution in [0.1, 0.15) is 5.56 Å². The number of fused-ring (bicyclic) bond motifs is 1. The average molecular weight is 323 g/mol. The molecule has 0 aliphatic carbocycles. The molecule has 0 fully saturated rings. The number of hydrogen-bond acceptors (Lipinski definition) is 3. The maximum absolute atomic E-state index is 11.8. The Bertz CT molecular complexity index is 734. The number of benzene rings is 2. The van der Waals surface area contributed by atoms with Gasteiger partial charge in [0.1, 0.15) is 0 Å². The Balaban J connectivity index is 2.12. The highest BCUT2D eigenvalue weighted by atomic mass is 35.5. The van der Waals surface area contributed by atoms with E-state index in [9.17, 15) is 10.0 Å². The van der Waals surface area contributed by atoms with Gasteiger partial charge in [-0.05, 0) is 41.8 Å². The second-order valence-electron chi connectivity index (χ2n) is 4.93. The van der Waals surface area contributed by atoms with Gasteiger partial charge in [0.2, 0.25) is 0 Å². The van der Waals surface area contributed by atoms with Gasteiger partial charge in [0.25, 0.3) is 5.91 Å². The minimum Gasteiger partial charge on any atom is -0.320 e. The first-order chi connectivity index (χ1) is 9.97. The second-order valence-corrected chi connectivity index (χ2v) is 5.77. The van der Waals surface area contributed by atoms with Crippen LogP contribution in [0.5, 0.6) is 0 Å². The molecule has 1 unspecified atom stereocenters. The zero-order valence-electron chi connectivity index (χ0n) is 10.9. The Morgan fingerprint density at radius 1 is 1.19 bits per heavy atom. The summed E-state index contributed by atoms with van der Waals surface area (Å²) in [5, 5.41) is 11.6. The third kappa shape index (κ3) is 2.51. The summed E-state index contributed by atoms with van der Waals surface area (Å²) in [4.78, 5) is 11.8. The Kier molecular flexibility index (Phi) is 3.63. The van der Waals surface area contributed by atoms with Crippen molar-refractivity contribution in [3.05, 3.63) is 52.0 Å². The largest absolute Gasteiger partial charge is 0.320 e. The van der Waals surface area contributed by atoms with Crippen molar-refractivity contribution in [3.63, 3.8) is 0 Å². The van der Waals surface area contributed by atoms with Gasteiger partial charge in [0, 0.05) is 15.6 Å². The predicted octanol–water partition coefficient (Wildman–Crippen LogP) is 3.27. The van der Waals surface area contributed by atoms with Crippen molar-refractivity contribution >= 4 is 34.8 Å². The summed E-state index contributed by atoms with van der Waals surface area (Å²) in [6, 6.07) is 9.83. The molecule has 3 rings (SSSR count). The van der Waals surface area contributed by atoms with Crippen LogP contribution in [0.3, 0.4) is 0 Å². The van der Waals surface area contributed by atoms with E-state index in [0.717, 1.165) is 16.7 Å². The molecule has 0 aromatic heterocycles. The minimum absolute atomic E-state index is 0.398. The van der Waals surface area contributed by atoms with Crippen LogP contribution in [-0.2, 0) is 11.2 Å². The summed E-state index contributed by atoms with van der Waals surface area (Å²) in [6.45, 7) is 0. The smallest absolute Gasteiger partial charge is 0.267 e. The van der Waals surface area contributed by atoms with Gasteiger partial charge in [0.15, 0.2) is 0 Å². The van der Waals surface area contributed by atoms with Gasteiger partial charge in [-0.15, -0.1) is 0 Å². The summed E-state index contributed by atoms with van der Waals surface area (Å²) >= 11 is 12.2. The number of amides is 1. The SMILES string of the molecule is NC1Cc2ccc(-c3cc(Cl)ccc3Cl)cc2N(O)C1=O. The molecule has 3 N–H and O–H groups in total. The molecule has 0 radical (unpaired) electrons. The predicted molar refractivity (Wildman–Crippen MR) is 82.8 cm³/mol. The average Bonchev–Trinajstić information content (AvgIpc) is 2.47. The summed E-state index contributed by atoms with van der Waals surface area (Å²) in [7, 11) is 0. The molecule has 0 saturated carbocycles. The molecule has 108 valence electrons. The van der Waals surface area contributed by atoms with Crippen molar-refractivity contribution in [2.45, 2.75) is 12.5 Å². The van der Waals surface area contributed by atoms with Gasteiger partial charge in [-0.25, -0.2) is 0 Å². The lowest BCUT2D eigenvalue weighted by molar-refractivity contribution is -0.125. The maximum atomic E-state index is 11.8. The van der Waals surface area contributed by atoms with E-state index in [1.807, 2.05) is 12.1 Å². The Morgan fingerprint density at radius 3 is 2.71 bits per heavy atom. The van der Waals surface area contributed by atoms with Crippen molar-refractivity contribution in [2.75, 3.05) is 5.06 Å². The lowest BCUT2D eigenvalue weighted by Crippen LogP contribution is -2.47. The van der Waals surface area contributed by atoms with E-state index in [4.69, 9.17) is 28.9 Å². The summed E-state index contributed by atoms with van der Waals surface area (Å²) in [5.41, 5.74) is 8.43. The summed E-state index contributed by atoms with van der Waals surface area (Å²) < 4.78 is 0. The molecule has 1 aliphatic rings. The third-order valence-electron chi connectivity index (χ3n) is 3.52. The van der Waals surface area contributed by atoms with Crippen LogP contribution in [0.2, 0.25) is 10.0 Å². The standard InChI is InChI=1S/C15H12Cl2N2O2/c16-10-3-4-12(17)11(7-10)8-1-2-9-5-13(18)15(20)19(21)14(9)6-8/h1-4,6-7,13,21H,5,18H2. The van der Waals surface area contributed by atoms with Crippen LogP contribution < -0.4 is 10.8 Å². The van der Waals surface area contributed by atoms with Gasteiger partial charge in [0.05, 0.1) is 11.7 Å². The van der Waals surface area contributed by atoms with Gasteiger partial charge in [-0.2, -0.15) is 5.06 Å². The molecule has 0 spiro atoms. The van der Waals surface area contributed by atoms with Crippen molar-refractivity contribution in [2.24, 2.45) is 5.73 Å². The number of nitrogens with zero attached hydrogens (tertiary/aromatic N) is 1. The first-order valence-electron chi connectivity index (χ1n) is 6.34. The van der Waals surface area contributed by atoms with Crippen LogP contribution in [-0.4, -0.2) is 17.2 Å². The van der Waals surface area contributed by atoms with Crippen molar-refractivity contribution in [3.8, 4) is 11.1 Å². The van der Waals surface area contributed by atoms with Crippen molar-refractivity contribution in [1.29, 1.82) is 0 Å². The monoisotopic (exact) mass is 322 g/mol. The topological polar surface area (TPSA) is 66.6 Å². The molecule has 2 aromatic carbocycles. The first-order valence-corrected chi connectivity index (χ1v) is 7.10. The number of carbonyl (C=O) groups excluding carboxylic acids is 1. The minimum atomic E-state index is -0.719. The van der Waals surface area contributed by atoms with Gasteiger partial charge in [-0.1, -0.05) is 35.3 Å². The number of hydroxylamine groups is 1. The number of anilines is 1. The van der Waals surface area contributed by atoms with Crippen LogP contribution >= 0.6 is 23.2 Å². The van der Waals surface area contributed by atoms with Gasteiger partial charge < -0.3 is 5.73 Å². The van der Waals surface area contributed by atoms with E-state index in [1.165, 1.54) is 0 Å². The number of rotatable bonds is 1. The highest BCUT2D eigenvalue weighted by Gasteiger charge is 2.29. The maximum Gasteiger partial charge on any atom is 0.267 e. The zero-order valence-corrected chi connectivity index (χ0v) is 12.4. The zero-order chi connectivity index (χ0) is 15.1.